The van der Waals surface area contributed by atoms with Gasteiger partial charge < -0.3 is 14.9 Å². The van der Waals surface area contributed by atoms with Gasteiger partial charge in [-0.2, -0.15) is 0 Å². The highest BCUT2D eigenvalue weighted by Gasteiger charge is 2.68. The molecule has 0 radical (unpaired) electrons. The van der Waals surface area contributed by atoms with E-state index in [1.54, 1.807) is 54.6 Å². The van der Waals surface area contributed by atoms with Crippen LogP contribution in [-0.4, -0.2) is 52.6 Å². The molecular formula is C26H28N2O6. The number of carboxylic acid groups (broad SMARTS) is 1. The number of hydrogen-bond donors (Lipinski definition) is 3. The summed E-state index contributed by atoms with van der Waals surface area (Å²) in [6.45, 7) is 2.24. The van der Waals surface area contributed by atoms with Crippen molar-refractivity contribution in [3.63, 3.8) is 0 Å². The van der Waals surface area contributed by atoms with E-state index in [0.29, 0.717) is 23.3 Å². The second-order valence-electron chi connectivity index (χ2n) is 8.62. The van der Waals surface area contributed by atoms with Crippen LogP contribution in [0.3, 0.4) is 0 Å². The number of amides is 2. The maximum absolute atomic E-state index is 13.5. The van der Waals surface area contributed by atoms with Gasteiger partial charge in [0.05, 0.1) is 18.9 Å². The summed E-state index contributed by atoms with van der Waals surface area (Å²) < 4.78 is 5.15. The number of likely N-dealkylation sites (tertiary alicyclic amines) is 1. The SMILES string of the molecule is CCCCN1C(=O)C2C(C=Cc3ccc(O)c(OC)c3)NC(C(=O)O)(c3ccccc3)C2C1=O. The number of nitrogens with one attached hydrogen (secondary N) is 1. The van der Waals surface area contributed by atoms with Gasteiger partial charge in [-0.25, -0.2) is 4.79 Å². The second kappa shape index (κ2) is 9.30. The van der Waals surface area contributed by atoms with E-state index in [1.165, 1.54) is 18.1 Å². The molecule has 0 spiro atoms. The molecule has 4 unspecified atom stereocenters. The molecule has 0 aromatic heterocycles. The lowest BCUT2D eigenvalue weighted by molar-refractivity contribution is -0.152. The van der Waals surface area contributed by atoms with Crippen molar-refractivity contribution in [1.29, 1.82) is 0 Å². The molecule has 0 aliphatic carbocycles. The first kappa shape index (κ1) is 23.5. The van der Waals surface area contributed by atoms with Crippen molar-refractivity contribution in [2.24, 2.45) is 11.8 Å². The lowest BCUT2D eigenvalue weighted by Gasteiger charge is -2.31. The minimum Gasteiger partial charge on any atom is -0.504 e. The third-order valence-electron chi connectivity index (χ3n) is 6.69. The van der Waals surface area contributed by atoms with Gasteiger partial charge in [0.1, 0.15) is 0 Å². The minimum atomic E-state index is -1.73. The third kappa shape index (κ3) is 3.74. The van der Waals surface area contributed by atoms with Crippen LogP contribution in [0.1, 0.15) is 30.9 Å². The first-order valence-corrected chi connectivity index (χ1v) is 11.3. The van der Waals surface area contributed by atoms with Crippen molar-refractivity contribution in [1.82, 2.24) is 10.2 Å². The van der Waals surface area contributed by atoms with Crippen LogP contribution < -0.4 is 10.1 Å². The predicted octanol–water partition coefficient (Wildman–Crippen LogP) is 2.77. The Morgan fingerprint density at radius 1 is 1.18 bits per heavy atom. The topological polar surface area (TPSA) is 116 Å². The first-order valence-electron chi connectivity index (χ1n) is 11.3. The van der Waals surface area contributed by atoms with Gasteiger partial charge in [-0.3, -0.25) is 19.8 Å². The Balaban J connectivity index is 1.78. The third-order valence-corrected chi connectivity index (χ3v) is 6.69. The summed E-state index contributed by atoms with van der Waals surface area (Å²) in [6.07, 6.45) is 4.90. The molecule has 2 heterocycles. The Labute approximate surface area is 197 Å². The number of aliphatic carboxylic acids is 1. The summed E-state index contributed by atoms with van der Waals surface area (Å²) >= 11 is 0. The molecule has 3 N–H and O–H groups in total. The Morgan fingerprint density at radius 2 is 1.91 bits per heavy atom. The number of fused-ring (bicyclic) bond motifs is 1. The van der Waals surface area contributed by atoms with Gasteiger partial charge in [0.2, 0.25) is 11.8 Å². The number of imide groups is 1. The van der Waals surface area contributed by atoms with Crippen LogP contribution in [0.2, 0.25) is 0 Å². The van der Waals surface area contributed by atoms with E-state index in [2.05, 4.69) is 5.32 Å². The van der Waals surface area contributed by atoms with Crippen LogP contribution in [0.25, 0.3) is 6.08 Å². The number of methoxy groups -OCH3 is 1. The summed E-state index contributed by atoms with van der Waals surface area (Å²) in [5, 5.41) is 23.4. The van der Waals surface area contributed by atoms with Crippen molar-refractivity contribution >= 4 is 23.9 Å². The zero-order valence-corrected chi connectivity index (χ0v) is 19.1. The Bertz CT molecular complexity index is 1130. The lowest BCUT2D eigenvalue weighted by Crippen LogP contribution is -2.54. The largest absolute Gasteiger partial charge is 0.504 e. The number of carboxylic acids is 1. The van der Waals surface area contributed by atoms with Crippen LogP contribution in [0.15, 0.2) is 54.6 Å². The quantitative estimate of drug-likeness (QED) is 0.515. The smallest absolute Gasteiger partial charge is 0.329 e. The number of phenolic OH excluding ortho intramolecular Hbond substituents is 1. The van der Waals surface area contributed by atoms with Gasteiger partial charge in [0.25, 0.3) is 0 Å². The fourth-order valence-corrected chi connectivity index (χ4v) is 5.01. The molecule has 2 aliphatic rings. The molecule has 4 rings (SSSR count). The zero-order chi connectivity index (χ0) is 24.5. The van der Waals surface area contributed by atoms with Crippen LogP contribution in [0, 0.1) is 11.8 Å². The molecule has 8 nitrogen and oxygen atoms in total. The summed E-state index contributed by atoms with van der Waals surface area (Å²) in [7, 11) is 1.44. The summed E-state index contributed by atoms with van der Waals surface area (Å²) in [4.78, 5) is 40.9. The van der Waals surface area contributed by atoms with Gasteiger partial charge in [0, 0.05) is 12.6 Å². The fourth-order valence-electron chi connectivity index (χ4n) is 5.01. The Hall–Kier alpha value is -3.65. The first-order chi connectivity index (χ1) is 16.3. The van der Waals surface area contributed by atoms with E-state index >= 15 is 0 Å². The number of carbonyl (C=O) groups is 3. The average molecular weight is 465 g/mol. The molecule has 4 atom stereocenters. The molecular weight excluding hydrogens is 436 g/mol. The molecule has 2 saturated heterocycles. The van der Waals surface area contributed by atoms with Crippen LogP contribution in [0.5, 0.6) is 11.5 Å². The monoisotopic (exact) mass is 464 g/mol. The minimum absolute atomic E-state index is 0.00388. The number of unbranched alkanes of at least 4 members (excludes halogenated alkanes) is 1. The number of phenols is 1. The zero-order valence-electron chi connectivity index (χ0n) is 19.1. The van der Waals surface area contributed by atoms with E-state index in [0.717, 1.165) is 6.42 Å². The van der Waals surface area contributed by atoms with Gasteiger partial charge in [0.15, 0.2) is 17.0 Å². The Morgan fingerprint density at radius 3 is 2.56 bits per heavy atom. The van der Waals surface area contributed by atoms with Crippen molar-refractivity contribution in [3.05, 3.63) is 65.7 Å². The number of nitrogens with zero attached hydrogens (tertiary/aromatic N) is 1. The standard InChI is InChI=1S/C26H28N2O6/c1-3-4-14-28-23(30)21-18(12-10-16-11-13-19(29)20(15-16)34-2)27-26(25(32)33,22(21)24(28)31)17-8-6-5-7-9-17/h5-13,15,18,21-22,27,29H,3-4,14H2,1-2H3,(H,32,33). The molecule has 0 bridgehead atoms. The normalized spacial score (nSPS) is 26.3. The predicted molar refractivity (Wildman–Crippen MR) is 125 cm³/mol. The maximum Gasteiger partial charge on any atom is 0.329 e. The highest BCUT2D eigenvalue weighted by Crippen LogP contribution is 2.48. The highest BCUT2D eigenvalue weighted by atomic mass is 16.5. The summed E-state index contributed by atoms with van der Waals surface area (Å²) in [6, 6.07) is 12.7. The fraction of sp³-hybridized carbons (Fsp3) is 0.346. The van der Waals surface area contributed by atoms with Gasteiger partial charge in [-0.05, 0) is 29.7 Å². The molecule has 2 aromatic carbocycles. The number of benzene rings is 2. The molecule has 178 valence electrons. The molecule has 8 heteroatoms. The van der Waals surface area contributed by atoms with E-state index in [-0.39, 0.29) is 18.2 Å². The van der Waals surface area contributed by atoms with Crippen molar-refractivity contribution in [2.45, 2.75) is 31.3 Å². The van der Waals surface area contributed by atoms with Crippen molar-refractivity contribution in [2.75, 3.05) is 13.7 Å². The maximum atomic E-state index is 13.5. The van der Waals surface area contributed by atoms with Crippen molar-refractivity contribution in [3.8, 4) is 11.5 Å². The van der Waals surface area contributed by atoms with E-state index in [4.69, 9.17) is 4.74 Å². The average Bonchev–Trinajstić information content (AvgIpc) is 3.32. The molecule has 2 fully saturated rings. The molecule has 2 aliphatic heterocycles. The van der Waals surface area contributed by atoms with Gasteiger partial charge in [-0.1, -0.05) is 61.9 Å². The summed E-state index contributed by atoms with van der Waals surface area (Å²) in [5.41, 5.74) is -0.611. The van der Waals surface area contributed by atoms with Crippen LogP contribution in [-0.2, 0) is 19.9 Å². The summed E-state index contributed by atoms with van der Waals surface area (Å²) in [5.74, 6) is -3.64. The Kier molecular flexibility index (Phi) is 6.43. The van der Waals surface area contributed by atoms with E-state index in [9.17, 15) is 24.6 Å². The number of carbonyl (C=O) groups excluding carboxylic acids is 2. The second-order valence-corrected chi connectivity index (χ2v) is 8.62. The number of aromatic hydroxyl groups is 1. The van der Waals surface area contributed by atoms with Gasteiger partial charge >= 0.3 is 5.97 Å². The van der Waals surface area contributed by atoms with Gasteiger partial charge in [-0.15, -0.1) is 0 Å². The number of rotatable bonds is 8. The molecule has 2 amide bonds. The van der Waals surface area contributed by atoms with E-state index < -0.39 is 35.3 Å². The van der Waals surface area contributed by atoms with E-state index in [1.807, 2.05) is 6.92 Å². The molecule has 0 saturated carbocycles. The molecule has 34 heavy (non-hydrogen) atoms. The van der Waals surface area contributed by atoms with Crippen LogP contribution in [0.4, 0.5) is 0 Å². The molecule has 2 aromatic rings. The van der Waals surface area contributed by atoms with Crippen LogP contribution >= 0.6 is 0 Å². The lowest BCUT2D eigenvalue weighted by atomic mass is 9.76. The van der Waals surface area contributed by atoms with Crippen molar-refractivity contribution < 1.29 is 29.3 Å². The number of ether oxygens (including phenoxy) is 1. The highest BCUT2D eigenvalue weighted by molar-refractivity contribution is 6.09. The number of hydrogen-bond acceptors (Lipinski definition) is 6.